The molecule has 13 heavy (non-hydrogen) atoms. The maximum absolute atomic E-state index is 9.14. The molecule has 0 saturated heterocycles. The minimum Gasteiger partial charge on any atom is -0.396 e. The summed E-state index contributed by atoms with van der Waals surface area (Å²) in [7, 11) is 2.06. The molecule has 3 heteroatoms. The molecule has 0 aliphatic heterocycles. The lowest BCUT2D eigenvalue weighted by Gasteiger charge is -2.31. The Morgan fingerprint density at radius 1 is 1.31 bits per heavy atom. The zero-order valence-corrected chi connectivity index (χ0v) is 8.45. The van der Waals surface area contributed by atoms with Crippen LogP contribution in [0, 0.1) is 0 Å². The lowest BCUT2D eigenvalue weighted by atomic mass is 10.1. The number of hydrogen-bond donors (Lipinski definition) is 2. The van der Waals surface area contributed by atoms with Crippen molar-refractivity contribution in [2.45, 2.75) is 44.2 Å². The predicted octanol–water partition coefficient (Wildman–Crippen LogP) is 0.604. The summed E-state index contributed by atoms with van der Waals surface area (Å²) in [4.78, 5) is 2.24. The Labute approximate surface area is 80.4 Å². The standard InChI is InChI=1S/C10H21NO2/c1-11(9-4-2-3-5-9)10(8-13)6-7-12/h9-10,12-13H,2-8H2,1H3. The molecule has 1 aliphatic rings. The molecule has 0 heterocycles. The fraction of sp³-hybridized carbons (Fsp3) is 1.00. The topological polar surface area (TPSA) is 43.7 Å². The first kappa shape index (κ1) is 11.0. The van der Waals surface area contributed by atoms with Crippen LogP contribution >= 0.6 is 0 Å². The van der Waals surface area contributed by atoms with Crippen LogP contribution in [0.3, 0.4) is 0 Å². The van der Waals surface area contributed by atoms with Gasteiger partial charge in [-0.05, 0) is 26.3 Å². The zero-order valence-electron chi connectivity index (χ0n) is 8.45. The first-order valence-electron chi connectivity index (χ1n) is 5.23. The van der Waals surface area contributed by atoms with Crippen LogP contribution in [0.1, 0.15) is 32.1 Å². The van der Waals surface area contributed by atoms with E-state index in [2.05, 4.69) is 11.9 Å². The molecular weight excluding hydrogens is 166 g/mol. The van der Waals surface area contributed by atoms with Gasteiger partial charge in [-0.3, -0.25) is 4.90 Å². The largest absolute Gasteiger partial charge is 0.396 e. The molecule has 0 spiro atoms. The molecule has 1 unspecified atom stereocenters. The van der Waals surface area contributed by atoms with Gasteiger partial charge in [0.1, 0.15) is 0 Å². The minimum atomic E-state index is 0.146. The lowest BCUT2D eigenvalue weighted by molar-refractivity contribution is 0.0892. The van der Waals surface area contributed by atoms with Crippen molar-refractivity contribution in [2.75, 3.05) is 20.3 Å². The van der Waals surface area contributed by atoms with Gasteiger partial charge in [0.05, 0.1) is 6.61 Å². The van der Waals surface area contributed by atoms with Gasteiger partial charge in [0.15, 0.2) is 0 Å². The molecule has 0 radical (unpaired) electrons. The van der Waals surface area contributed by atoms with Gasteiger partial charge in [0.25, 0.3) is 0 Å². The van der Waals surface area contributed by atoms with Crippen LogP contribution in [-0.4, -0.2) is 47.5 Å². The quantitative estimate of drug-likeness (QED) is 0.662. The predicted molar refractivity (Wildman–Crippen MR) is 52.6 cm³/mol. The second kappa shape index (κ2) is 5.58. The normalized spacial score (nSPS) is 21.2. The van der Waals surface area contributed by atoms with Gasteiger partial charge in [-0.2, -0.15) is 0 Å². The molecule has 1 rings (SSSR count). The Balaban J connectivity index is 2.37. The summed E-state index contributed by atoms with van der Waals surface area (Å²) in [6.07, 6.45) is 5.80. The van der Waals surface area contributed by atoms with Crippen molar-refractivity contribution in [3.05, 3.63) is 0 Å². The highest BCUT2D eigenvalue weighted by Crippen LogP contribution is 2.24. The summed E-state index contributed by atoms with van der Waals surface area (Å²) in [6.45, 7) is 0.329. The number of aliphatic hydroxyl groups excluding tert-OH is 2. The average Bonchev–Trinajstić information content (AvgIpc) is 2.65. The molecule has 2 N–H and O–H groups in total. The molecule has 0 amide bonds. The summed E-state index contributed by atoms with van der Waals surface area (Å²) in [5.41, 5.74) is 0. The van der Waals surface area contributed by atoms with Crippen LogP contribution in [0.2, 0.25) is 0 Å². The SMILES string of the molecule is CN(C(CO)CCO)C1CCCC1. The number of nitrogens with zero attached hydrogens (tertiary/aromatic N) is 1. The van der Waals surface area contributed by atoms with E-state index in [0.717, 1.165) is 0 Å². The minimum absolute atomic E-state index is 0.146. The van der Waals surface area contributed by atoms with Crippen molar-refractivity contribution >= 4 is 0 Å². The zero-order chi connectivity index (χ0) is 9.68. The molecule has 0 bridgehead atoms. The van der Waals surface area contributed by atoms with Gasteiger partial charge in [-0.1, -0.05) is 12.8 Å². The van der Waals surface area contributed by atoms with Crippen LogP contribution < -0.4 is 0 Å². The van der Waals surface area contributed by atoms with Gasteiger partial charge in [0.2, 0.25) is 0 Å². The van der Waals surface area contributed by atoms with E-state index in [4.69, 9.17) is 10.2 Å². The summed E-state index contributed by atoms with van der Waals surface area (Å²) < 4.78 is 0. The van der Waals surface area contributed by atoms with E-state index in [1.807, 2.05) is 0 Å². The van der Waals surface area contributed by atoms with Crippen molar-refractivity contribution in [2.24, 2.45) is 0 Å². The van der Waals surface area contributed by atoms with Gasteiger partial charge in [-0.25, -0.2) is 0 Å². The molecule has 0 aromatic rings. The van der Waals surface area contributed by atoms with Crippen molar-refractivity contribution in [1.82, 2.24) is 4.90 Å². The van der Waals surface area contributed by atoms with Crippen LogP contribution in [-0.2, 0) is 0 Å². The highest BCUT2D eigenvalue weighted by molar-refractivity contribution is 4.80. The lowest BCUT2D eigenvalue weighted by Crippen LogP contribution is -2.41. The molecule has 0 aromatic heterocycles. The van der Waals surface area contributed by atoms with Gasteiger partial charge >= 0.3 is 0 Å². The average molecular weight is 187 g/mol. The van der Waals surface area contributed by atoms with E-state index in [1.165, 1.54) is 25.7 Å². The molecule has 3 nitrogen and oxygen atoms in total. The van der Waals surface area contributed by atoms with Crippen LogP contribution in [0.25, 0.3) is 0 Å². The van der Waals surface area contributed by atoms with Crippen LogP contribution in [0.4, 0.5) is 0 Å². The van der Waals surface area contributed by atoms with Gasteiger partial charge < -0.3 is 10.2 Å². The molecule has 1 fully saturated rings. The van der Waals surface area contributed by atoms with E-state index in [1.54, 1.807) is 0 Å². The monoisotopic (exact) mass is 187 g/mol. The Kier molecular flexibility index (Phi) is 4.70. The number of likely N-dealkylation sites (N-methyl/N-ethyl adjacent to an activating group) is 1. The highest BCUT2D eigenvalue weighted by Gasteiger charge is 2.24. The third-order valence-corrected chi connectivity index (χ3v) is 3.15. The summed E-state index contributed by atoms with van der Waals surface area (Å²) in [6, 6.07) is 0.775. The van der Waals surface area contributed by atoms with Crippen molar-refractivity contribution < 1.29 is 10.2 Å². The molecule has 0 aromatic carbocycles. The first-order chi connectivity index (χ1) is 6.29. The second-order valence-electron chi connectivity index (χ2n) is 3.95. The Morgan fingerprint density at radius 2 is 1.92 bits per heavy atom. The van der Waals surface area contributed by atoms with E-state index in [-0.39, 0.29) is 19.3 Å². The first-order valence-corrected chi connectivity index (χ1v) is 5.23. The van der Waals surface area contributed by atoms with Crippen LogP contribution in [0.5, 0.6) is 0 Å². The molecule has 1 atom stereocenters. The van der Waals surface area contributed by atoms with E-state index < -0.39 is 0 Å². The number of rotatable bonds is 5. The van der Waals surface area contributed by atoms with E-state index >= 15 is 0 Å². The summed E-state index contributed by atoms with van der Waals surface area (Å²) in [5.74, 6) is 0. The summed E-state index contributed by atoms with van der Waals surface area (Å²) >= 11 is 0. The van der Waals surface area contributed by atoms with Gasteiger partial charge in [-0.15, -0.1) is 0 Å². The fourth-order valence-corrected chi connectivity index (χ4v) is 2.18. The number of aliphatic hydroxyl groups is 2. The van der Waals surface area contributed by atoms with Crippen molar-refractivity contribution in [3.63, 3.8) is 0 Å². The van der Waals surface area contributed by atoms with Crippen molar-refractivity contribution in [3.8, 4) is 0 Å². The maximum Gasteiger partial charge on any atom is 0.0587 e. The smallest absolute Gasteiger partial charge is 0.0587 e. The molecule has 78 valence electrons. The third-order valence-electron chi connectivity index (χ3n) is 3.15. The Hall–Kier alpha value is -0.120. The molecular formula is C10H21NO2. The Bertz CT molecular complexity index is 135. The second-order valence-corrected chi connectivity index (χ2v) is 3.95. The summed E-state index contributed by atoms with van der Waals surface area (Å²) in [5, 5.41) is 18.0. The van der Waals surface area contributed by atoms with Crippen LogP contribution in [0.15, 0.2) is 0 Å². The molecule has 1 saturated carbocycles. The van der Waals surface area contributed by atoms with E-state index in [9.17, 15) is 0 Å². The fourth-order valence-electron chi connectivity index (χ4n) is 2.18. The highest BCUT2D eigenvalue weighted by atomic mass is 16.3. The van der Waals surface area contributed by atoms with Gasteiger partial charge in [0, 0.05) is 18.7 Å². The Morgan fingerprint density at radius 3 is 2.38 bits per heavy atom. The number of hydrogen-bond acceptors (Lipinski definition) is 3. The molecule has 1 aliphatic carbocycles. The van der Waals surface area contributed by atoms with E-state index in [0.29, 0.717) is 12.5 Å². The third kappa shape index (κ3) is 2.93. The van der Waals surface area contributed by atoms with Crippen molar-refractivity contribution in [1.29, 1.82) is 0 Å². The maximum atomic E-state index is 9.14.